The molecule has 8 aromatic rings. The lowest BCUT2D eigenvalue weighted by atomic mass is 9.73. The van der Waals surface area contributed by atoms with Crippen LogP contribution in [0.1, 0.15) is 25.0 Å². The van der Waals surface area contributed by atoms with Crippen molar-refractivity contribution in [2.24, 2.45) is 0 Å². The second kappa shape index (κ2) is 12.5. The summed E-state index contributed by atoms with van der Waals surface area (Å²) < 4.78 is 42.1. The monoisotopic (exact) mass is 697 g/mol. The number of fused-ring (bicyclic) bond motifs is 3. The molecule has 0 N–H and O–H groups in total. The topological polar surface area (TPSA) is 54.8 Å². The first-order valence-electron chi connectivity index (χ1n) is 17.2. The Kier molecular flexibility index (Phi) is 7.62. The maximum absolute atomic E-state index is 14.1. The third-order valence-corrected chi connectivity index (χ3v) is 9.91. The normalized spacial score (nSPS) is 13.1. The van der Waals surface area contributed by atoms with Gasteiger partial charge in [-0.25, -0.2) is 33.1 Å². The summed E-state index contributed by atoms with van der Waals surface area (Å²) >= 11 is 0. The molecule has 0 unspecified atom stereocenters. The smallest absolute Gasteiger partial charge is 0.199 e. The van der Waals surface area contributed by atoms with Crippen molar-refractivity contribution in [3.8, 4) is 45.0 Å². The van der Waals surface area contributed by atoms with Gasteiger partial charge in [-0.2, -0.15) is 0 Å². The van der Waals surface area contributed by atoms with Crippen LogP contribution in [0.4, 0.5) is 30.2 Å². The molecular formula is C45H30F3N5. The van der Waals surface area contributed by atoms with E-state index in [1.54, 1.807) is 36.4 Å². The molecule has 3 heterocycles. The largest absolute Gasteiger partial charge is 0.310 e. The van der Waals surface area contributed by atoms with Gasteiger partial charge in [-0.05, 0) is 108 Å². The van der Waals surface area contributed by atoms with Gasteiger partial charge in [0.05, 0.1) is 34.2 Å². The molecule has 6 aromatic carbocycles. The first-order chi connectivity index (χ1) is 25.7. The Morgan fingerprint density at radius 2 is 0.698 bits per heavy atom. The molecule has 0 radical (unpaired) electrons. The molecule has 0 fully saturated rings. The summed E-state index contributed by atoms with van der Waals surface area (Å²) in [6.07, 6.45) is 0. The lowest BCUT2D eigenvalue weighted by molar-refractivity contribution is 0.627. The molecule has 2 aromatic heterocycles. The molecule has 8 heteroatoms. The first kappa shape index (κ1) is 32.3. The number of aromatic nitrogens is 4. The fourth-order valence-corrected chi connectivity index (χ4v) is 7.23. The van der Waals surface area contributed by atoms with Crippen LogP contribution in [-0.2, 0) is 5.41 Å². The van der Waals surface area contributed by atoms with Crippen molar-refractivity contribution in [1.82, 2.24) is 19.9 Å². The van der Waals surface area contributed by atoms with Crippen molar-refractivity contribution < 1.29 is 13.2 Å². The molecule has 0 spiro atoms. The molecule has 0 amide bonds. The lowest BCUT2D eigenvalue weighted by Crippen LogP contribution is -2.30. The minimum absolute atomic E-state index is 0.182. The third kappa shape index (κ3) is 5.60. The quantitative estimate of drug-likeness (QED) is 0.179. The number of para-hydroxylation sites is 2. The number of anilines is 3. The van der Waals surface area contributed by atoms with Gasteiger partial charge in [0.15, 0.2) is 11.3 Å². The zero-order valence-electron chi connectivity index (χ0n) is 28.7. The number of rotatable bonds is 5. The summed E-state index contributed by atoms with van der Waals surface area (Å²) in [7, 11) is 0. The summed E-state index contributed by atoms with van der Waals surface area (Å²) in [5.74, 6) is -1.15. The Bertz CT molecular complexity index is 2610. The van der Waals surface area contributed by atoms with Crippen LogP contribution in [-0.4, -0.2) is 19.9 Å². The summed E-state index contributed by atoms with van der Waals surface area (Å²) in [6, 6.07) is 43.1. The van der Waals surface area contributed by atoms with Gasteiger partial charge in [-0.15, -0.1) is 0 Å². The van der Waals surface area contributed by atoms with Gasteiger partial charge >= 0.3 is 0 Å². The second-order valence-electron chi connectivity index (χ2n) is 13.6. The van der Waals surface area contributed by atoms with Crippen molar-refractivity contribution in [1.29, 1.82) is 0 Å². The van der Waals surface area contributed by atoms with Gasteiger partial charge in [0.25, 0.3) is 0 Å². The first-order valence-corrected chi connectivity index (χ1v) is 17.2. The number of hydrogen-bond acceptors (Lipinski definition) is 5. The van der Waals surface area contributed by atoms with Gasteiger partial charge in [-0.3, -0.25) is 0 Å². The van der Waals surface area contributed by atoms with Crippen molar-refractivity contribution in [2.45, 2.75) is 19.3 Å². The maximum atomic E-state index is 14.1. The molecule has 9 rings (SSSR count). The summed E-state index contributed by atoms with van der Waals surface area (Å²) in [5.41, 5.74) is 10.5. The van der Waals surface area contributed by atoms with Crippen LogP contribution in [0.5, 0.6) is 0 Å². The zero-order chi connectivity index (χ0) is 36.3. The molecule has 0 bridgehead atoms. The van der Waals surface area contributed by atoms with E-state index < -0.39 is 5.82 Å². The fourth-order valence-electron chi connectivity index (χ4n) is 7.23. The highest BCUT2D eigenvalue weighted by molar-refractivity contribution is 5.90. The van der Waals surface area contributed by atoms with Crippen LogP contribution in [0.25, 0.3) is 56.3 Å². The standard InChI is InChI=1S/C45H30F3N5/c1-45(2)35-7-3-5-9-37(35)53(38-10-6-4-8-36(38)45)34-25-17-30(18-26-34)42-41(29-15-23-33(48)24-16-29)51-43-44(52-42)50-40(28-13-21-32(47)22-14-28)39(49-43)27-11-19-31(46)20-12-27/h3-26H,1-2H3. The van der Waals surface area contributed by atoms with Crippen molar-refractivity contribution in [3.05, 3.63) is 174 Å². The van der Waals surface area contributed by atoms with Crippen molar-refractivity contribution in [2.75, 3.05) is 4.90 Å². The second-order valence-corrected chi connectivity index (χ2v) is 13.6. The van der Waals surface area contributed by atoms with E-state index in [1.165, 1.54) is 47.5 Å². The highest BCUT2D eigenvalue weighted by Crippen LogP contribution is 2.51. The molecule has 5 nitrogen and oxygen atoms in total. The average Bonchev–Trinajstić information content (AvgIpc) is 3.18. The highest BCUT2D eigenvalue weighted by Gasteiger charge is 2.36. The number of nitrogens with zero attached hydrogens (tertiary/aromatic N) is 5. The predicted molar refractivity (Wildman–Crippen MR) is 204 cm³/mol. The summed E-state index contributed by atoms with van der Waals surface area (Å²) in [5, 5.41) is 0. The van der Waals surface area contributed by atoms with Gasteiger partial charge in [0, 0.05) is 33.4 Å². The highest BCUT2D eigenvalue weighted by atomic mass is 19.1. The summed E-state index contributed by atoms with van der Waals surface area (Å²) in [6.45, 7) is 4.51. The third-order valence-electron chi connectivity index (χ3n) is 9.91. The zero-order valence-corrected chi connectivity index (χ0v) is 28.7. The lowest BCUT2D eigenvalue weighted by Gasteiger charge is -2.42. The van der Waals surface area contributed by atoms with Crippen LogP contribution >= 0.6 is 0 Å². The molecule has 0 aliphatic carbocycles. The Balaban J connectivity index is 1.22. The number of halogens is 3. The van der Waals surface area contributed by atoms with Crippen LogP contribution in [0.3, 0.4) is 0 Å². The van der Waals surface area contributed by atoms with Crippen molar-refractivity contribution in [3.63, 3.8) is 0 Å². The van der Waals surface area contributed by atoms with E-state index in [2.05, 4.69) is 79.4 Å². The molecule has 0 saturated heterocycles. The van der Waals surface area contributed by atoms with Gasteiger partial charge in [0.1, 0.15) is 17.5 Å². The Labute approximate surface area is 304 Å². The molecule has 1 aliphatic heterocycles. The Morgan fingerprint density at radius 1 is 0.396 bits per heavy atom. The Morgan fingerprint density at radius 3 is 1.04 bits per heavy atom. The van der Waals surface area contributed by atoms with Crippen LogP contribution in [0.15, 0.2) is 146 Å². The van der Waals surface area contributed by atoms with Crippen LogP contribution < -0.4 is 4.90 Å². The molecule has 0 atom stereocenters. The van der Waals surface area contributed by atoms with E-state index in [0.29, 0.717) is 39.5 Å². The van der Waals surface area contributed by atoms with Gasteiger partial charge in [0.2, 0.25) is 0 Å². The number of benzene rings is 6. The molecule has 53 heavy (non-hydrogen) atoms. The number of hydrogen-bond donors (Lipinski definition) is 0. The predicted octanol–water partition coefficient (Wildman–Crippen LogP) is 11.6. The van der Waals surface area contributed by atoms with E-state index >= 15 is 0 Å². The van der Waals surface area contributed by atoms with E-state index in [-0.39, 0.29) is 28.3 Å². The van der Waals surface area contributed by atoms with Crippen LogP contribution in [0, 0.1) is 17.5 Å². The van der Waals surface area contributed by atoms with E-state index in [0.717, 1.165) is 22.6 Å². The fraction of sp³-hybridized carbons (Fsp3) is 0.0667. The van der Waals surface area contributed by atoms with Crippen LogP contribution in [0.2, 0.25) is 0 Å². The average molecular weight is 698 g/mol. The molecule has 256 valence electrons. The molecular weight excluding hydrogens is 668 g/mol. The summed E-state index contributed by atoms with van der Waals surface area (Å²) in [4.78, 5) is 22.2. The van der Waals surface area contributed by atoms with E-state index in [4.69, 9.17) is 19.9 Å². The molecule has 1 aliphatic rings. The van der Waals surface area contributed by atoms with Gasteiger partial charge < -0.3 is 4.90 Å². The minimum atomic E-state index is -0.391. The minimum Gasteiger partial charge on any atom is -0.310 e. The van der Waals surface area contributed by atoms with E-state index in [9.17, 15) is 13.2 Å². The van der Waals surface area contributed by atoms with Gasteiger partial charge in [-0.1, -0.05) is 62.4 Å². The SMILES string of the molecule is CC1(C)c2ccccc2N(c2ccc(-c3nc4nc(-c5ccc(F)cc5)c(-c5ccc(F)cc5)nc4nc3-c3ccc(F)cc3)cc2)c2ccccc21. The maximum Gasteiger partial charge on any atom is 0.199 e. The van der Waals surface area contributed by atoms with E-state index in [1.807, 2.05) is 12.1 Å². The van der Waals surface area contributed by atoms with Crippen molar-refractivity contribution >= 4 is 28.4 Å². The Hall–Kier alpha value is -6.67. The molecule has 0 saturated carbocycles.